The number of fused-ring (bicyclic) bond motifs is 1. The number of aromatic hydroxyl groups is 1. The molecule has 0 aliphatic carbocycles. The lowest BCUT2D eigenvalue weighted by molar-refractivity contribution is -0.144. The normalized spacial score (nSPS) is 14.4. The Morgan fingerprint density at radius 1 is 1.17 bits per heavy atom. The van der Waals surface area contributed by atoms with E-state index in [-0.39, 0.29) is 24.7 Å². The van der Waals surface area contributed by atoms with E-state index in [4.69, 9.17) is 13.9 Å². The molecule has 186 valence electrons. The highest BCUT2D eigenvalue weighted by Gasteiger charge is 2.23. The maximum Gasteiger partial charge on any atom is 0.336 e. The fourth-order valence-electron chi connectivity index (χ4n) is 4.35. The molecule has 0 saturated carbocycles. The molecule has 0 atom stereocenters. The van der Waals surface area contributed by atoms with Crippen molar-refractivity contribution in [1.29, 1.82) is 0 Å². The minimum absolute atomic E-state index is 0.0584. The molecule has 9 heteroatoms. The van der Waals surface area contributed by atoms with Gasteiger partial charge in [0.25, 0.3) is 0 Å². The number of rotatable bonds is 9. The average Bonchev–Trinajstić information content (AvgIpc) is 2.86. The van der Waals surface area contributed by atoms with Crippen LogP contribution < -0.4 is 10.5 Å². The van der Waals surface area contributed by atoms with Gasteiger partial charge in [0.1, 0.15) is 23.8 Å². The molecular formula is C26H31N3O6. The second-order valence-electron chi connectivity index (χ2n) is 8.65. The van der Waals surface area contributed by atoms with Gasteiger partial charge in [0.05, 0.1) is 12.2 Å². The lowest BCUT2D eigenvalue weighted by Crippen LogP contribution is -2.46. The Hall–Kier alpha value is -3.43. The predicted octanol–water partition coefficient (Wildman–Crippen LogP) is 2.65. The molecule has 1 saturated heterocycles. The third kappa shape index (κ3) is 5.98. The SMILES string of the molecule is COCCOC(=O)CCc1cc2c(C)cc(=O)oc2c(CN2CCN(c3ccccn3)CC2)c1O. The van der Waals surface area contributed by atoms with Crippen LogP contribution in [0.15, 0.2) is 45.7 Å². The Morgan fingerprint density at radius 2 is 1.97 bits per heavy atom. The molecule has 1 fully saturated rings. The van der Waals surface area contributed by atoms with Crippen LogP contribution >= 0.6 is 0 Å². The Balaban J connectivity index is 1.54. The molecule has 3 heterocycles. The Morgan fingerprint density at radius 3 is 2.69 bits per heavy atom. The number of phenolic OH excluding ortho intramolecular Hbond substituents is 1. The number of carbonyl (C=O) groups is 1. The monoisotopic (exact) mass is 481 g/mol. The number of aromatic nitrogens is 1. The summed E-state index contributed by atoms with van der Waals surface area (Å²) in [6.45, 7) is 5.93. The maximum absolute atomic E-state index is 12.1. The van der Waals surface area contributed by atoms with E-state index in [9.17, 15) is 14.7 Å². The highest BCUT2D eigenvalue weighted by atomic mass is 16.6. The van der Waals surface area contributed by atoms with Crippen LogP contribution in [0.3, 0.4) is 0 Å². The topological polar surface area (TPSA) is 105 Å². The number of esters is 1. The first kappa shape index (κ1) is 24.7. The standard InChI is InChI=1S/C26H31N3O6/c1-18-15-24(31)35-26-20(18)16-19(6-7-23(30)34-14-13-33-2)25(32)21(26)17-28-9-11-29(12-10-28)22-5-3-4-8-27-22/h3-5,8,15-16,32H,6-7,9-14,17H2,1-2H3. The van der Waals surface area contributed by atoms with Crippen LogP contribution in [0.1, 0.15) is 23.1 Å². The number of anilines is 1. The predicted molar refractivity (Wildman–Crippen MR) is 132 cm³/mol. The van der Waals surface area contributed by atoms with Gasteiger partial charge in [-0.1, -0.05) is 6.07 Å². The zero-order valence-electron chi connectivity index (χ0n) is 20.2. The van der Waals surface area contributed by atoms with E-state index in [1.54, 1.807) is 19.4 Å². The zero-order chi connectivity index (χ0) is 24.8. The number of aryl methyl sites for hydroxylation is 2. The molecule has 0 bridgehead atoms. The summed E-state index contributed by atoms with van der Waals surface area (Å²) in [7, 11) is 1.54. The lowest BCUT2D eigenvalue weighted by Gasteiger charge is -2.35. The van der Waals surface area contributed by atoms with Crippen LogP contribution in [0.5, 0.6) is 5.75 Å². The Kier molecular flexibility index (Phi) is 7.99. The first-order chi connectivity index (χ1) is 17.0. The lowest BCUT2D eigenvalue weighted by atomic mass is 9.98. The molecule has 1 aliphatic rings. The van der Waals surface area contributed by atoms with Crippen molar-refractivity contribution >= 4 is 22.8 Å². The summed E-state index contributed by atoms with van der Waals surface area (Å²) < 4.78 is 15.6. The number of nitrogens with zero attached hydrogens (tertiary/aromatic N) is 3. The molecular weight excluding hydrogens is 450 g/mol. The van der Waals surface area contributed by atoms with Crippen LogP contribution in [0, 0.1) is 6.92 Å². The van der Waals surface area contributed by atoms with Gasteiger partial charge < -0.3 is 23.9 Å². The molecule has 1 aliphatic heterocycles. The molecule has 0 radical (unpaired) electrons. The maximum atomic E-state index is 12.1. The van der Waals surface area contributed by atoms with Crippen LogP contribution in [0.4, 0.5) is 5.82 Å². The summed E-state index contributed by atoms with van der Waals surface area (Å²) in [6.07, 6.45) is 2.22. The van der Waals surface area contributed by atoms with Gasteiger partial charge in [-0.3, -0.25) is 9.69 Å². The van der Waals surface area contributed by atoms with Crippen LogP contribution in [-0.4, -0.2) is 67.5 Å². The van der Waals surface area contributed by atoms with Gasteiger partial charge in [0.15, 0.2) is 0 Å². The molecule has 0 amide bonds. The van der Waals surface area contributed by atoms with Gasteiger partial charge in [-0.25, -0.2) is 9.78 Å². The number of hydrogen-bond donors (Lipinski definition) is 1. The summed E-state index contributed by atoms with van der Waals surface area (Å²) in [5, 5.41) is 11.9. The van der Waals surface area contributed by atoms with E-state index in [1.807, 2.05) is 25.1 Å². The third-order valence-electron chi connectivity index (χ3n) is 6.27. The van der Waals surface area contributed by atoms with E-state index in [1.165, 1.54) is 6.07 Å². The highest BCUT2D eigenvalue weighted by molar-refractivity contribution is 5.86. The number of ether oxygens (including phenoxy) is 2. The minimum Gasteiger partial charge on any atom is -0.507 e. The molecule has 1 N–H and O–H groups in total. The van der Waals surface area contributed by atoms with E-state index >= 15 is 0 Å². The van der Waals surface area contributed by atoms with Crippen LogP contribution in [-0.2, 0) is 27.2 Å². The number of methoxy groups -OCH3 is 1. The fourth-order valence-corrected chi connectivity index (χ4v) is 4.35. The Labute approximate surface area is 203 Å². The summed E-state index contributed by atoms with van der Waals surface area (Å²) in [4.78, 5) is 33.1. The molecule has 9 nitrogen and oxygen atoms in total. The van der Waals surface area contributed by atoms with E-state index in [2.05, 4.69) is 14.8 Å². The van der Waals surface area contributed by atoms with E-state index in [0.29, 0.717) is 36.3 Å². The molecule has 35 heavy (non-hydrogen) atoms. The smallest absolute Gasteiger partial charge is 0.336 e. The summed E-state index contributed by atoms with van der Waals surface area (Å²) in [6, 6.07) is 9.11. The van der Waals surface area contributed by atoms with Crippen molar-refractivity contribution in [2.45, 2.75) is 26.3 Å². The molecule has 0 unspecified atom stereocenters. The number of pyridine rings is 1. The molecule has 0 spiro atoms. The third-order valence-corrected chi connectivity index (χ3v) is 6.27. The second kappa shape index (κ2) is 11.3. The molecule has 3 aromatic rings. The molecule has 1 aromatic carbocycles. The van der Waals surface area contributed by atoms with Crippen molar-refractivity contribution < 1.29 is 23.8 Å². The van der Waals surface area contributed by atoms with Gasteiger partial charge in [-0.05, 0) is 42.7 Å². The largest absolute Gasteiger partial charge is 0.507 e. The fraction of sp³-hybridized carbons (Fsp3) is 0.423. The minimum atomic E-state index is -0.454. The van der Waals surface area contributed by atoms with Crippen molar-refractivity contribution in [2.75, 3.05) is 51.4 Å². The van der Waals surface area contributed by atoms with Crippen LogP contribution in [0.25, 0.3) is 11.0 Å². The summed E-state index contributed by atoms with van der Waals surface area (Å²) in [5.41, 5.74) is 1.90. The number of carbonyl (C=O) groups excluding carboxylic acids is 1. The van der Waals surface area contributed by atoms with Gasteiger partial charge in [-0.15, -0.1) is 0 Å². The quantitative estimate of drug-likeness (QED) is 0.280. The first-order valence-electron chi connectivity index (χ1n) is 11.8. The zero-order valence-corrected chi connectivity index (χ0v) is 20.2. The number of benzene rings is 1. The van der Waals surface area contributed by atoms with Crippen molar-refractivity contribution in [3.8, 4) is 5.75 Å². The van der Waals surface area contributed by atoms with Gasteiger partial charge in [0, 0.05) is 63.9 Å². The number of phenols is 1. The highest BCUT2D eigenvalue weighted by Crippen LogP contribution is 2.34. The van der Waals surface area contributed by atoms with Gasteiger partial charge in [-0.2, -0.15) is 0 Å². The molecule has 2 aromatic heterocycles. The number of hydrogen-bond acceptors (Lipinski definition) is 9. The summed E-state index contributed by atoms with van der Waals surface area (Å²) >= 11 is 0. The van der Waals surface area contributed by atoms with E-state index < -0.39 is 5.63 Å². The van der Waals surface area contributed by atoms with Gasteiger partial charge >= 0.3 is 11.6 Å². The van der Waals surface area contributed by atoms with Crippen molar-refractivity contribution in [3.05, 3.63) is 63.6 Å². The molecule has 4 rings (SSSR count). The summed E-state index contributed by atoms with van der Waals surface area (Å²) in [5.74, 6) is 0.648. The van der Waals surface area contributed by atoms with E-state index in [0.717, 1.165) is 42.9 Å². The number of piperazine rings is 1. The van der Waals surface area contributed by atoms with Gasteiger partial charge in [0.2, 0.25) is 0 Å². The van der Waals surface area contributed by atoms with Crippen molar-refractivity contribution in [1.82, 2.24) is 9.88 Å². The first-order valence-corrected chi connectivity index (χ1v) is 11.8. The van der Waals surface area contributed by atoms with Crippen molar-refractivity contribution in [2.24, 2.45) is 0 Å². The van der Waals surface area contributed by atoms with Crippen LogP contribution in [0.2, 0.25) is 0 Å². The Bertz CT molecular complexity index is 1220. The second-order valence-corrected chi connectivity index (χ2v) is 8.65. The van der Waals surface area contributed by atoms with Crippen molar-refractivity contribution in [3.63, 3.8) is 0 Å². The average molecular weight is 482 g/mol.